The summed E-state index contributed by atoms with van der Waals surface area (Å²) in [4.78, 5) is 16.5. The van der Waals surface area contributed by atoms with Crippen molar-refractivity contribution in [1.82, 2.24) is 14.6 Å². The van der Waals surface area contributed by atoms with Crippen molar-refractivity contribution < 1.29 is 29.2 Å². The van der Waals surface area contributed by atoms with Gasteiger partial charge >= 0.3 is 6.16 Å². The third-order valence-corrected chi connectivity index (χ3v) is 8.37. The minimum Gasteiger partial charge on any atom is -0.431 e. The number of carbonyl (C=O) groups is 1. The normalized spacial score (nSPS) is 39.3. The molecule has 33 heavy (non-hydrogen) atoms. The van der Waals surface area contributed by atoms with Gasteiger partial charge in [-0.3, -0.25) is 0 Å². The van der Waals surface area contributed by atoms with Crippen molar-refractivity contribution in [3.63, 3.8) is 0 Å². The number of rotatable bonds is 4. The van der Waals surface area contributed by atoms with E-state index in [4.69, 9.17) is 19.9 Å². The summed E-state index contributed by atoms with van der Waals surface area (Å²) < 4.78 is 18.7. The number of hydrogen-bond acceptors (Lipinski definition) is 9. The average Bonchev–Trinajstić information content (AvgIpc) is 3.47. The SMILES string of the molecule is CC12CCC(C1)C(C)(C)C2OC(=O)OC[C@H]1O[C@@](C)(c2ccc3c(N)ncnn23)[C@H](O)[C@@H]1O. The van der Waals surface area contributed by atoms with Gasteiger partial charge in [0, 0.05) is 10.8 Å². The van der Waals surface area contributed by atoms with Crippen LogP contribution in [-0.4, -0.2) is 62.0 Å². The fourth-order valence-electron chi connectivity index (χ4n) is 6.49. The molecule has 3 unspecified atom stereocenters. The molecule has 10 heteroatoms. The van der Waals surface area contributed by atoms with Gasteiger partial charge in [0.1, 0.15) is 48.5 Å². The molecule has 1 aliphatic heterocycles. The first-order chi connectivity index (χ1) is 15.5. The van der Waals surface area contributed by atoms with Crippen molar-refractivity contribution in [2.24, 2.45) is 16.7 Å². The number of nitrogens with zero attached hydrogens (tertiary/aromatic N) is 3. The minimum atomic E-state index is -1.30. The predicted molar refractivity (Wildman–Crippen MR) is 117 cm³/mol. The summed E-state index contributed by atoms with van der Waals surface area (Å²) in [5, 5.41) is 25.7. The third-order valence-electron chi connectivity index (χ3n) is 8.37. The molecule has 4 N–H and O–H groups in total. The third kappa shape index (κ3) is 3.22. The first-order valence-corrected chi connectivity index (χ1v) is 11.4. The first-order valence-electron chi connectivity index (χ1n) is 11.4. The van der Waals surface area contributed by atoms with Gasteiger partial charge in [-0.1, -0.05) is 20.8 Å². The Morgan fingerprint density at radius 1 is 1.30 bits per heavy atom. The van der Waals surface area contributed by atoms with Crippen molar-refractivity contribution in [1.29, 1.82) is 0 Å². The lowest BCUT2D eigenvalue weighted by molar-refractivity contribution is -0.106. The first kappa shape index (κ1) is 22.4. The molecule has 2 aliphatic carbocycles. The lowest BCUT2D eigenvalue weighted by Crippen LogP contribution is -2.44. The van der Waals surface area contributed by atoms with Gasteiger partial charge in [0.05, 0.1) is 5.69 Å². The molecule has 3 aliphatic rings. The summed E-state index contributed by atoms with van der Waals surface area (Å²) >= 11 is 0. The lowest BCUT2D eigenvalue weighted by atomic mass is 9.70. The van der Waals surface area contributed by atoms with Crippen LogP contribution in [0.4, 0.5) is 10.6 Å². The second-order valence-electron chi connectivity index (χ2n) is 10.8. The highest BCUT2D eigenvalue weighted by Crippen LogP contribution is 2.63. The number of aliphatic hydroxyl groups excluding tert-OH is 2. The molecule has 1 saturated heterocycles. The number of nitrogens with two attached hydrogens (primary N) is 1. The van der Waals surface area contributed by atoms with E-state index >= 15 is 0 Å². The molecule has 2 bridgehead atoms. The van der Waals surface area contributed by atoms with Crippen LogP contribution in [0.3, 0.4) is 0 Å². The van der Waals surface area contributed by atoms with Gasteiger partial charge in [-0.2, -0.15) is 5.10 Å². The number of ether oxygens (including phenoxy) is 3. The standard InChI is InChI=1S/C23H32N4O6/c1-21(2)12-7-8-22(3,9-12)19(21)32-20(30)31-10-14-16(28)17(29)23(4,33-14)15-6-5-13-18(24)25-11-26-27(13)15/h5-6,11-12,14,16-17,19,28-29H,7-10H2,1-4H3,(H2,24,25,26)/t12?,14-,16-,17-,19?,22?,23+/m1/s1. The van der Waals surface area contributed by atoms with Crippen LogP contribution >= 0.6 is 0 Å². The second-order valence-corrected chi connectivity index (χ2v) is 10.8. The molecule has 2 aromatic rings. The summed E-state index contributed by atoms with van der Waals surface area (Å²) in [6, 6.07) is 3.43. The highest BCUT2D eigenvalue weighted by Gasteiger charge is 2.61. The van der Waals surface area contributed by atoms with Gasteiger partial charge in [-0.15, -0.1) is 0 Å². The molecule has 0 spiro atoms. The Balaban J connectivity index is 1.27. The van der Waals surface area contributed by atoms with Crippen LogP contribution in [0.1, 0.15) is 52.7 Å². The Bertz CT molecular complexity index is 1080. The van der Waals surface area contributed by atoms with E-state index in [-0.39, 0.29) is 29.4 Å². The Labute approximate surface area is 192 Å². The summed E-state index contributed by atoms with van der Waals surface area (Å²) in [6.45, 7) is 7.86. The quantitative estimate of drug-likeness (QED) is 0.584. The van der Waals surface area contributed by atoms with Crippen molar-refractivity contribution in [3.8, 4) is 0 Å². The fraction of sp³-hybridized carbons (Fsp3) is 0.696. The van der Waals surface area contributed by atoms with Gasteiger partial charge in [0.25, 0.3) is 0 Å². The summed E-state index contributed by atoms with van der Waals surface area (Å²) in [7, 11) is 0. The van der Waals surface area contributed by atoms with E-state index in [9.17, 15) is 15.0 Å². The zero-order valence-electron chi connectivity index (χ0n) is 19.4. The van der Waals surface area contributed by atoms with Gasteiger partial charge in [0.2, 0.25) is 0 Å². The molecule has 0 radical (unpaired) electrons. The van der Waals surface area contributed by atoms with E-state index in [0.29, 0.717) is 17.1 Å². The zero-order chi connectivity index (χ0) is 23.8. The molecular formula is C23H32N4O6. The van der Waals surface area contributed by atoms with Crippen molar-refractivity contribution in [3.05, 3.63) is 24.2 Å². The van der Waals surface area contributed by atoms with Gasteiger partial charge in [0.15, 0.2) is 5.82 Å². The largest absolute Gasteiger partial charge is 0.508 e. The minimum absolute atomic E-state index is 0.0366. The second kappa shape index (κ2) is 7.28. The van der Waals surface area contributed by atoms with Crippen LogP contribution in [0.5, 0.6) is 0 Å². The number of carbonyl (C=O) groups excluding carboxylic acids is 1. The number of nitrogen functional groups attached to an aromatic ring is 1. The predicted octanol–water partition coefficient (Wildman–Crippen LogP) is 2.02. The van der Waals surface area contributed by atoms with E-state index < -0.39 is 30.1 Å². The van der Waals surface area contributed by atoms with Crippen LogP contribution in [0, 0.1) is 16.7 Å². The van der Waals surface area contributed by atoms with Crippen molar-refractivity contribution in [2.75, 3.05) is 12.3 Å². The fourth-order valence-corrected chi connectivity index (χ4v) is 6.49. The van der Waals surface area contributed by atoms with Crippen LogP contribution < -0.4 is 5.73 Å². The van der Waals surface area contributed by atoms with Crippen molar-refractivity contribution in [2.45, 2.75) is 77.0 Å². The summed E-state index contributed by atoms with van der Waals surface area (Å²) in [5.74, 6) is 0.818. The van der Waals surface area contributed by atoms with Gasteiger partial charge in [-0.05, 0) is 44.2 Å². The highest BCUT2D eigenvalue weighted by molar-refractivity contribution is 5.65. The maximum absolute atomic E-state index is 12.6. The number of hydrogen-bond donors (Lipinski definition) is 3. The highest BCUT2D eigenvalue weighted by atomic mass is 16.7. The molecule has 10 nitrogen and oxygen atoms in total. The Hall–Kier alpha value is -2.43. The molecule has 3 fully saturated rings. The zero-order valence-corrected chi connectivity index (χ0v) is 19.4. The molecule has 2 aromatic heterocycles. The van der Waals surface area contributed by atoms with E-state index in [1.165, 1.54) is 10.8 Å². The van der Waals surface area contributed by atoms with Crippen LogP contribution in [0.15, 0.2) is 18.5 Å². The number of anilines is 1. The molecule has 7 atom stereocenters. The van der Waals surface area contributed by atoms with E-state index in [1.807, 2.05) is 0 Å². The number of fused-ring (bicyclic) bond motifs is 3. The van der Waals surface area contributed by atoms with E-state index in [1.54, 1.807) is 19.1 Å². The van der Waals surface area contributed by atoms with Gasteiger partial charge in [-0.25, -0.2) is 14.3 Å². The maximum atomic E-state index is 12.6. The molecular weight excluding hydrogens is 428 g/mol. The molecule has 5 rings (SSSR count). The van der Waals surface area contributed by atoms with E-state index in [0.717, 1.165) is 19.3 Å². The molecule has 2 saturated carbocycles. The molecule has 0 aromatic carbocycles. The topological polar surface area (TPSA) is 141 Å². The summed E-state index contributed by atoms with van der Waals surface area (Å²) in [6.07, 6.45) is 0.0472. The molecule has 180 valence electrons. The summed E-state index contributed by atoms with van der Waals surface area (Å²) in [5.41, 5.74) is 5.52. The number of aromatic nitrogens is 3. The van der Waals surface area contributed by atoms with Crippen molar-refractivity contribution >= 4 is 17.5 Å². The smallest absolute Gasteiger partial charge is 0.431 e. The Morgan fingerprint density at radius 2 is 2.06 bits per heavy atom. The monoisotopic (exact) mass is 460 g/mol. The Morgan fingerprint density at radius 3 is 2.76 bits per heavy atom. The van der Waals surface area contributed by atoms with E-state index in [2.05, 4.69) is 30.9 Å². The number of aliphatic hydroxyl groups is 2. The van der Waals surface area contributed by atoms with Crippen LogP contribution in [0.2, 0.25) is 0 Å². The Kier molecular flexibility index (Phi) is 4.94. The van der Waals surface area contributed by atoms with Gasteiger partial charge < -0.3 is 30.2 Å². The lowest BCUT2D eigenvalue weighted by Gasteiger charge is -2.41. The van der Waals surface area contributed by atoms with Crippen LogP contribution in [-0.2, 0) is 19.8 Å². The molecule has 0 amide bonds. The maximum Gasteiger partial charge on any atom is 0.508 e. The average molecular weight is 461 g/mol. The molecule has 3 heterocycles. The van der Waals surface area contributed by atoms with Crippen LogP contribution in [0.25, 0.3) is 5.52 Å².